The average molecular weight is 229 g/mol. The summed E-state index contributed by atoms with van der Waals surface area (Å²) >= 11 is 0. The lowest BCUT2D eigenvalue weighted by molar-refractivity contribution is 0.0602. The van der Waals surface area contributed by atoms with Crippen LogP contribution in [0.2, 0.25) is 0 Å². The van der Waals surface area contributed by atoms with Gasteiger partial charge in [0.25, 0.3) is 0 Å². The van der Waals surface area contributed by atoms with E-state index in [-0.39, 0.29) is 5.97 Å². The number of pyridine rings is 1. The second-order valence-electron chi connectivity index (χ2n) is 4.23. The number of rotatable bonds is 1. The van der Waals surface area contributed by atoms with Crippen LogP contribution in [0.3, 0.4) is 0 Å². The van der Waals surface area contributed by atoms with Crippen LogP contribution in [0.4, 0.5) is 0 Å². The van der Waals surface area contributed by atoms with Crippen LogP contribution in [0.1, 0.15) is 27.2 Å². The van der Waals surface area contributed by atoms with Gasteiger partial charge in [0, 0.05) is 11.1 Å². The third kappa shape index (κ3) is 1.88. The van der Waals surface area contributed by atoms with Crippen LogP contribution in [0.5, 0.6) is 0 Å². The Hall–Kier alpha value is -1.90. The number of aryl methyl sites for hydroxylation is 3. The zero-order chi connectivity index (χ0) is 12.6. The predicted molar refractivity (Wildman–Crippen MR) is 67.3 cm³/mol. The highest BCUT2D eigenvalue weighted by atomic mass is 16.5. The molecule has 0 aliphatic carbocycles. The second-order valence-corrected chi connectivity index (χ2v) is 4.23. The lowest BCUT2D eigenvalue weighted by Crippen LogP contribution is -2.05. The molecule has 1 heterocycles. The van der Waals surface area contributed by atoms with E-state index >= 15 is 0 Å². The molecule has 3 nitrogen and oxygen atoms in total. The van der Waals surface area contributed by atoms with Gasteiger partial charge in [0.05, 0.1) is 18.2 Å². The standard InChI is InChI=1S/C14H15NO2/c1-8-5-6-9(2)13-12(8)11(14(16)17-4)7-10(3)15-13/h5-7H,1-4H3. The summed E-state index contributed by atoms with van der Waals surface area (Å²) in [5, 5.41) is 0.891. The van der Waals surface area contributed by atoms with Crippen LogP contribution in [-0.2, 0) is 4.74 Å². The molecule has 1 aromatic heterocycles. The van der Waals surface area contributed by atoms with E-state index in [0.717, 1.165) is 27.7 Å². The van der Waals surface area contributed by atoms with E-state index in [1.165, 1.54) is 7.11 Å². The van der Waals surface area contributed by atoms with Crippen molar-refractivity contribution in [2.24, 2.45) is 0 Å². The molecule has 0 bridgehead atoms. The Bertz CT molecular complexity index is 603. The summed E-state index contributed by atoms with van der Waals surface area (Å²) in [5.74, 6) is -0.311. The second kappa shape index (κ2) is 4.17. The van der Waals surface area contributed by atoms with Gasteiger partial charge in [-0.2, -0.15) is 0 Å². The summed E-state index contributed by atoms with van der Waals surface area (Å²) in [5.41, 5.74) is 4.41. The number of aromatic nitrogens is 1. The summed E-state index contributed by atoms with van der Waals surface area (Å²) in [7, 11) is 1.40. The Balaban J connectivity index is 2.92. The number of fused-ring (bicyclic) bond motifs is 1. The largest absolute Gasteiger partial charge is 0.465 e. The third-order valence-corrected chi connectivity index (χ3v) is 2.90. The van der Waals surface area contributed by atoms with Gasteiger partial charge < -0.3 is 4.74 Å². The fourth-order valence-electron chi connectivity index (χ4n) is 2.04. The molecule has 2 rings (SSSR count). The molecule has 17 heavy (non-hydrogen) atoms. The van der Waals surface area contributed by atoms with Crippen molar-refractivity contribution in [1.82, 2.24) is 4.98 Å². The van der Waals surface area contributed by atoms with Gasteiger partial charge in [0.1, 0.15) is 0 Å². The zero-order valence-electron chi connectivity index (χ0n) is 10.5. The van der Waals surface area contributed by atoms with Crippen molar-refractivity contribution in [1.29, 1.82) is 0 Å². The molecule has 0 spiro atoms. The van der Waals surface area contributed by atoms with Crippen LogP contribution >= 0.6 is 0 Å². The van der Waals surface area contributed by atoms with Gasteiger partial charge in [0.2, 0.25) is 0 Å². The number of esters is 1. The van der Waals surface area contributed by atoms with Gasteiger partial charge in [0.15, 0.2) is 0 Å². The Morgan fingerprint density at radius 2 is 1.82 bits per heavy atom. The maximum Gasteiger partial charge on any atom is 0.338 e. The molecule has 0 aliphatic rings. The van der Waals surface area contributed by atoms with Crippen LogP contribution in [0.25, 0.3) is 10.9 Å². The average Bonchev–Trinajstić information content (AvgIpc) is 2.32. The number of ether oxygens (including phenoxy) is 1. The monoisotopic (exact) mass is 229 g/mol. The molecule has 2 aromatic rings. The van der Waals surface area contributed by atoms with Crippen molar-refractivity contribution in [3.8, 4) is 0 Å². The Labute approximate surface area is 100 Å². The maximum absolute atomic E-state index is 11.8. The van der Waals surface area contributed by atoms with Gasteiger partial charge >= 0.3 is 5.97 Å². The molecule has 0 unspecified atom stereocenters. The third-order valence-electron chi connectivity index (χ3n) is 2.90. The molecular weight excluding hydrogens is 214 g/mol. The summed E-state index contributed by atoms with van der Waals surface area (Å²) in [6.07, 6.45) is 0. The van der Waals surface area contributed by atoms with Crippen molar-refractivity contribution in [3.63, 3.8) is 0 Å². The van der Waals surface area contributed by atoms with Crippen molar-refractivity contribution in [2.75, 3.05) is 7.11 Å². The minimum absolute atomic E-state index is 0.311. The van der Waals surface area contributed by atoms with Gasteiger partial charge in [-0.25, -0.2) is 4.79 Å². The molecule has 0 radical (unpaired) electrons. The van der Waals surface area contributed by atoms with E-state index in [2.05, 4.69) is 4.98 Å². The quantitative estimate of drug-likeness (QED) is 0.706. The lowest BCUT2D eigenvalue weighted by Gasteiger charge is -2.10. The first kappa shape index (κ1) is 11.6. The van der Waals surface area contributed by atoms with E-state index in [0.29, 0.717) is 5.56 Å². The first-order valence-corrected chi connectivity index (χ1v) is 5.50. The van der Waals surface area contributed by atoms with Gasteiger partial charge in [-0.05, 0) is 38.0 Å². The van der Waals surface area contributed by atoms with Crippen LogP contribution in [0, 0.1) is 20.8 Å². The topological polar surface area (TPSA) is 39.2 Å². The summed E-state index contributed by atoms with van der Waals surface area (Å²) in [6.45, 7) is 5.86. The molecule has 88 valence electrons. The number of hydrogen-bond acceptors (Lipinski definition) is 3. The van der Waals surface area contributed by atoms with Crippen LogP contribution < -0.4 is 0 Å². The fourth-order valence-corrected chi connectivity index (χ4v) is 2.04. The fraction of sp³-hybridized carbons (Fsp3) is 0.286. The van der Waals surface area contributed by atoms with Crippen molar-refractivity contribution in [3.05, 3.63) is 40.6 Å². The highest BCUT2D eigenvalue weighted by molar-refractivity contribution is 6.05. The highest BCUT2D eigenvalue weighted by Crippen LogP contribution is 2.25. The Kier molecular flexibility index (Phi) is 2.84. The number of methoxy groups -OCH3 is 1. The number of benzene rings is 1. The maximum atomic E-state index is 11.8. The Morgan fingerprint density at radius 3 is 2.47 bits per heavy atom. The number of nitrogens with zero attached hydrogens (tertiary/aromatic N) is 1. The van der Waals surface area contributed by atoms with Gasteiger partial charge in [-0.3, -0.25) is 4.98 Å². The summed E-state index contributed by atoms with van der Waals surface area (Å²) in [6, 6.07) is 5.80. The van der Waals surface area contributed by atoms with Crippen molar-refractivity contribution < 1.29 is 9.53 Å². The molecular formula is C14H15NO2. The Morgan fingerprint density at radius 1 is 1.18 bits per heavy atom. The molecule has 0 saturated carbocycles. The predicted octanol–water partition coefficient (Wildman–Crippen LogP) is 2.95. The van der Waals surface area contributed by atoms with E-state index in [4.69, 9.17) is 4.74 Å². The van der Waals surface area contributed by atoms with Crippen LogP contribution in [-0.4, -0.2) is 18.1 Å². The first-order chi connectivity index (χ1) is 8.04. The van der Waals surface area contributed by atoms with E-state index in [9.17, 15) is 4.79 Å². The molecule has 0 atom stereocenters. The van der Waals surface area contributed by atoms with Gasteiger partial charge in [-0.1, -0.05) is 12.1 Å². The molecule has 1 aromatic carbocycles. The van der Waals surface area contributed by atoms with E-state index in [1.54, 1.807) is 6.07 Å². The van der Waals surface area contributed by atoms with Crippen LogP contribution in [0.15, 0.2) is 18.2 Å². The van der Waals surface area contributed by atoms with Gasteiger partial charge in [-0.15, -0.1) is 0 Å². The number of carbonyl (C=O) groups excluding carboxylic acids is 1. The minimum atomic E-state index is -0.311. The molecule has 0 fully saturated rings. The van der Waals surface area contributed by atoms with Crippen molar-refractivity contribution >= 4 is 16.9 Å². The smallest absolute Gasteiger partial charge is 0.338 e. The van der Waals surface area contributed by atoms with E-state index < -0.39 is 0 Å². The molecule has 0 amide bonds. The zero-order valence-corrected chi connectivity index (χ0v) is 10.5. The summed E-state index contributed by atoms with van der Waals surface area (Å²) < 4.78 is 4.83. The number of carbonyl (C=O) groups is 1. The highest BCUT2D eigenvalue weighted by Gasteiger charge is 2.15. The molecule has 3 heteroatoms. The lowest BCUT2D eigenvalue weighted by atomic mass is 10.00. The molecule has 0 saturated heterocycles. The SMILES string of the molecule is COC(=O)c1cc(C)nc2c(C)ccc(C)c12. The minimum Gasteiger partial charge on any atom is -0.465 e. The first-order valence-electron chi connectivity index (χ1n) is 5.50. The molecule has 0 aliphatic heterocycles. The van der Waals surface area contributed by atoms with Crippen molar-refractivity contribution in [2.45, 2.75) is 20.8 Å². The molecule has 0 N–H and O–H groups in total. The number of hydrogen-bond donors (Lipinski definition) is 0. The normalized spacial score (nSPS) is 10.6. The van der Waals surface area contributed by atoms with E-state index in [1.807, 2.05) is 32.9 Å². The summed E-state index contributed by atoms with van der Waals surface area (Å²) in [4.78, 5) is 16.3.